The number of aliphatic hydroxyl groups excluding tert-OH is 1. The molecule has 8 heteroatoms. The van der Waals surface area contributed by atoms with Crippen LogP contribution >= 0.6 is 24.0 Å². The molecule has 0 amide bonds. The number of benzene rings is 3. The van der Waals surface area contributed by atoms with Gasteiger partial charge in [-0.1, -0.05) is 41.9 Å². The first-order valence-corrected chi connectivity index (χ1v) is 11.4. The zero-order chi connectivity index (χ0) is 21.6. The first-order valence-electron chi connectivity index (χ1n) is 9.52. The molecule has 3 aromatic carbocycles. The van der Waals surface area contributed by atoms with E-state index in [-0.39, 0.29) is 22.2 Å². The predicted octanol–water partition coefficient (Wildman–Crippen LogP) is 4.47. The van der Waals surface area contributed by atoms with Crippen molar-refractivity contribution in [3.05, 3.63) is 88.9 Å². The van der Waals surface area contributed by atoms with Gasteiger partial charge in [0.1, 0.15) is 5.75 Å². The number of sulfone groups is 1. The van der Waals surface area contributed by atoms with E-state index in [1.165, 1.54) is 13.2 Å². The minimum Gasteiger partial charge on any atom is -0.497 e. The third kappa shape index (κ3) is 6.69. The lowest BCUT2D eigenvalue weighted by atomic mass is 10.1. The Hall–Kier alpha value is -2.09. The van der Waals surface area contributed by atoms with Crippen LogP contribution in [0.2, 0.25) is 5.02 Å². The van der Waals surface area contributed by atoms with Gasteiger partial charge in [-0.15, -0.1) is 12.4 Å². The Morgan fingerprint density at radius 1 is 1.00 bits per heavy atom. The number of methoxy groups -OCH3 is 1. The molecule has 0 aliphatic heterocycles. The fourth-order valence-electron chi connectivity index (χ4n) is 3.04. The van der Waals surface area contributed by atoms with Crippen molar-refractivity contribution in [2.45, 2.75) is 22.3 Å². The summed E-state index contributed by atoms with van der Waals surface area (Å²) < 4.78 is 30.7. The largest absolute Gasteiger partial charge is 0.497 e. The number of nitrogens with one attached hydrogen (secondary N) is 1. The molecular formula is C23H25Cl2NO4S. The average Bonchev–Trinajstić information content (AvgIpc) is 2.77. The van der Waals surface area contributed by atoms with Crippen molar-refractivity contribution in [2.75, 3.05) is 20.2 Å². The van der Waals surface area contributed by atoms with Crippen LogP contribution in [0.3, 0.4) is 0 Å². The maximum absolute atomic E-state index is 12.8. The Bertz CT molecular complexity index is 1090. The molecule has 0 saturated carbocycles. The highest BCUT2D eigenvalue weighted by Crippen LogP contribution is 2.24. The third-order valence-electron chi connectivity index (χ3n) is 4.75. The molecule has 2 N–H and O–H groups in total. The second-order valence-electron chi connectivity index (χ2n) is 6.85. The average molecular weight is 482 g/mol. The van der Waals surface area contributed by atoms with Crippen molar-refractivity contribution in [1.29, 1.82) is 0 Å². The van der Waals surface area contributed by atoms with Gasteiger partial charge in [0.2, 0.25) is 9.84 Å². The lowest BCUT2D eigenvalue weighted by Gasteiger charge is -2.13. The second-order valence-corrected chi connectivity index (χ2v) is 9.24. The maximum Gasteiger partial charge on any atom is 0.206 e. The van der Waals surface area contributed by atoms with E-state index in [1.807, 2.05) is 24.3 Å². The van der Waals surface area contributed by atoms with E-state index < -0.39 is 15.9 Å². The van der Waals surface area contributed by atoms with Gasteiger partial charge in [-0.05, 0) is 66.6 Å². The molecule has 0 bridgehead atoms. The van der Waals surface area contributed by atoms with Gasteiger partial charge in [-0.25, -0.2) is 8.42 Å². The number of halogens is 2. The summed E-state index contributed by atoms with van der Waals surface area (Å²) in [4.78, 5) is 0.440. The Morgan fingerprint density at radius 3 is 2.39 bits per heavy atom. The molecule has 0 spiro atoms. The molecule has 31 heavy (non-hydrogen) atoms. The van der Waals surface area contributed by atoms with Gasteiger partial charge in [-0.2, -0.15) is 0 Å². The zero-order valence-electron chi connectivity index (χ0n) is 17.0. The molecule has 1 atom stereocenters. The summed E-state index contributed by atoms with van der Waals surface area (Å²) in [6.45, 7) is 1.06. The lowest BCUT2D eigenvalue weighted by Crippen LogP contribution is -2.23. The summed E-state index contributed by atoms with van der Waals surface area (Å²) in [5.41, 5.74) is 1.77. The number of ether oxygens (including phenoxy) is 1. The van der Waals surface area contributed by atoms with Crippen molar-refractivity contribution in [1.82, 2.24) is 5.32 Å². The second kappa shape index (κ2) is 11.5. The minimum absolute atomic E-state index is 0. The van der Waals surface area contributed by atoms with Crippen molar-refractivity contribution >= 4 is 33.8 Å². The molecule has 0 unspecified atom stereocenters. The number of hydrogen-bond acceptors (Lipinski definition) is 5. The van der Waals surface area contributed by atoms with Crippen LogP contribution in [-0.4, -0.2) is 33.7 Å². The SMILES string of the molecule is COc1cccc(S(=O)(=O)c2ccc(CCNC[C@H](O)c3cccc(Cl)c3)cc2)c1.Cl. The van der Waals surface area contributed by atoms with E-state index >= 15 is 0 Å². The highest BCUT2D eigenvalue weighted by molar-refractivity contribution is 7.91. The smallest absolute Gasteiger partial charge is 0.206 e. The van der Waals surface area contributed by atoms with E-state index in [0.717, 1.165) is 11.1 Å². The van der Waals surface area contributed by atoms with E-state index in [1.54, 1.807) is 42.5 Å². The van der Waals surface area contributed by atoms with Crippen LogP contribution in [0.5, 0.6) is 5.75 Å². The Kier molecular flexibility index (Phi) is 9.34. The van der Waals surface area contributed by atoms with Gasteiger partial charge in [-0.3, -0.25) is 0 Å². The molecule has 0 fully saturated rings. The first-order chi connectivity index (χ1) is 14.4. The quantitative estimate of drug-likeness (QED) is 0.441. The van der Waals surface area contributed by atoms with Crippen LogP contribution in [0.1, 0.15) is 17.2 Å². The van der Waals surface area contributed by atoms with Gasteiger partial charge in [0.05, 0.1) is 23.0 Å². The summed E-state index contributed by atoms with van der Waals surface area (Å²) in [6, 6.07) is 20.4. The lowest BCUT2D eigenvalue weighted by molar-refractivity contribution is 0.175. The molecule has 0 heterocycles. The monoisotopic (exact) mass is 481 g/mol. The molecule has 3 rings (SSSR count). The van der Waals surface area contributed by atoms with Crippen LogP contribution in [0.15, 0.2) is 82.6 Å². The number of hydrogen-bond donors (Lipinski definition) is 2. The number of rotatable bonds is 9. The standard InChI is InChI=1S/C23H24ClNO4S.ClH/c1-29-20-6-3-7-22(15-20)30(27,28)21-10-8-17(9-11-21)12-13-25-16-23(26)18-4-2-5-19(24)14-18;/h2-11,14-15,23,25-26H,12-13,16H2,1H3;1H/t23-;/m0./s1. The van der Waals surface area contributed by atoms with Crippen molar-refractivity contribution in [2.24, 2.45) is 0 Å². The van der Waals surface area contributed by atoms with E-state index in [2.05, 4.69) is 5.32 Å². The third-order valence-corrected chi connectivity index (χ3v) is 6.75. The summed E-state index contributed by atoms with van der Waals surface area (Å²) in [5, 5.41) is 14.0. The molecule has 0 aliphatic carbocycles. The highest BCUT2D eigenvalue weighted by atomic mass is 35.5. The molecule has 0 radical (unpaired) electrons. The molecule has 5 nitrogen and oxygen atoms in total. The van der Waals surface area contributed by atoms with Gasteiger partial charge in [0.15, 0.2) is 0 Å². The van der Waals surface area contributed by atoms with Gasteiger partial charge >= 0.3 is 0 Å². The minimum atomic E-state index is -3.60. The first kappa shape index (κ1) is 25.2. The maximum atomic E-state index is 12.8. The summed E-state index contributed by atoms with van der Waals surface area (Å²) >= 11 is 5.95. The van der Waals surface area contributed by atoms with E-state index in [4.69, 9.17) is 16.3 Å². The van der Waals surface area contributed by atoms with Crippen LogP contribution in [0.25, 0.3) is 0 Å². The Labute approximate surface area is 194 Å². The van der Waals surface area contributed by atoms with Gasteiger partial charge < -0.3 is 15.2 Å². The van der Waals surface area contributed by atoms with Crippen LogP contribution < -0.4 is 10.1 Å². The molecular weight excluding hydrogens is 457 g/mol. The van der Waals surface area contributed by atoms with Crippen LogP contribution in [0, 0.1) is 0 Å². The fourth-order valence-corrected chi connectivity index (χ4v) is 4.54. The topological polar surface area (TPSA) is 75.6 Å². The van der Waals surface area contributed by atoms with E-state index in [9.17, 15) is 13.5 Å². The van der Waals surface area contributed by atoms with Crippen molar-refractivity contribution in [3.8, 4) is 5.75 Å². The van der Waals surface area contributed by atoms with Crippen LogP contribution in [-0.2, 0) is 16.3 Å². The molecule has 3 aromatic rings. The Morgan fingerprint density at radius 2 is 1.71 bits per heavy atom. The predicted molar refractivity (Wildman–Crippen MR) is 125 cm³/mol. The van der Waals surface area contributed by atoms with Crippen molar-refractivity contribution < 1.29 is 18.3 Å². The Balaban J connectivity index is 0.00000341. The molecule has 0 saturated heterocycles. The van der Waals surface area contributed by atoms with Crippen molar-refractivity contribution in [3.63, 3.8) is 0 Å². The highest BCUT2D eigenvalue weighted by Gasteiger charge is 2.18. The van der Waals surface area contributed by atoms with E-state index in [0.29, 0.717) is 30.3 Å². The van der Waals surface area contributed by atoms with Gasteiger partial charge in [0.25, 0.3) is 0 Å². The zero-order valence-corrected chi connectivity index (χ0v) is 19.4. The molecule has 0 aromatic heterocycles. The normalized spacial score (nSPS) is 12.1. The van der Waals surface area contributed by atoms with Gasteiger partial charge in [0, 0.05) is 11.6 Å². The summed E-state index contributed by atoms with van der Waals surface area (Å²) in [5.74, 6) is 0.499. The number of aliphatic hydroxyl groups is 1. The summed E-state index contributed by atoms with van der Waals surface area (Å²) in [7, 11) is -2.10. The molecule has 166 valence electrons. The summed E-state index contributed by atoms with van der Waals surface area (Å²) in [6.07, 6.45) is 0.0703. The molecule has 0 aliphatic rings. The van der Waals surface area contributed by atoms with Crippen LogP contribution in [0.4, 0.5) is 0 Å². The fraction of sp³-hybridized carbons (Fsp3) is 0.217.